The molecular weight excluding hydrogens is 374 g/mol. The molecule has 1 atom stereocenters. The molecule has 0 aliphatic rings. The van der Waals surface area contributed by atoms with Crippen LogP contribution in [0.3, 0.4) is 0 Å². The molecule has 0 bridgehead atoms. The molecule has 0 aromatic carbocycles. The van der Waals surface area contributed by atoms with Gasteiger partial charge < -0.3 is 10.1 Å². The number of unbranched alkanes of at least 4 members (excludes halogenated alkanes) is 16. The van der Waals surface area contributed by atoms with E-state index in [0.29, 0.717) is 13.0 Å². The van der Waals surface area contributed by atoms with Gasteiger partial charge in [-0.25, -0.2) is 4.79 Å². The van der Waals surface area contributed by atoms with Gasteiger partial charge in [0.1, 0.15) is 6.04 Å². The zero-order chi connectivity index (χ0) is 22.3. The number of nitrogens with one attached hydrogen (secondary N) is 1. The van der Waals surface area contributed by atoms with E-state index in [4.69, 9.17) is 4.74 Å². The van der Waals surface area contributed by atoms with E-state index in [1.165, 1.54) is 89.9 Å². The van der Waals surface area contributed by atoms with E-state index in [9.17, 15) is 9.59 Å². The lowest BCUT2D eigenvalue weighted by Crippen LogP contribution is -2.39. The van der Waals surface area contributed by atoms with Crippen molar-refractivity contribution in [3.63, 3.8) is 0 Å². The molecule has 0 aromatic rings. The maximum Gasteiger partial charge on any atom is 0.328 e. The van der Waals surface area contributed by atoms with Gasteiger partial charge in [-0.3, -0.25) is 4.79 Å². The lowest BCUT2D eigenvalue weighted by Gasteiger charge is -2.13. The van der Waals surface area contributed by atoms with Gasteiger partial charge in [0.15, 0.2) is 0 Å². The fourth-order valence-corrected chi connectivity index (χ4v) is 3.68. The Labute approximate surface area is 187 Å². The molecule has 0 saturated heterocycles. The summed E-state index contributed by atoms with van der Waals surface area (Å²) in [6, 6.07) is -0.546. The lowest BCUT2D eigenvalue weighted by molar-refractivity contribution is -0.147. The third kappa shape index (κ3) is 20.2. The highest BCUT2D eigenvalue weighted by Crippen LogP contribution is 2.12. The van der Waals surface area contributed by atoms with Crippen LogP contribution in [0, 0.1) is 0 Å². The van der Waals surface area contributed by atoms with E-state index in [2.05, 4.69) is 19.2 Å². The fourth-order valence-electron chi connectivity index (χ4n) is 3.68. The topological polar surface area (TPSA) is 55.4 Å². The molecule has 0 fully saturated rings. The number of ether oxygens (including phenoxy) is 1. The molecule has 0 aliphatic carbocycles. The van der Waals surface area contributed by atoms with E-state index in [1.54, 1.807) is 6.92 Å². The highest BCUT2D eigenvalue weighted by Gasteiger charge is 2.16. The minimum absolute atomic E-state index is 0.0445. The van der Waals surface area contributed by atoms with Crippen molar-refractivity contribution in [1.29, 1.82) is 0 Å². The molecule has 0 spiro atoms. The second-order valence-electron chi connectivity index (χ2n) is 8.86. The molecule has 0 aliphatic heterocycles. The quantitative estimate of drug-likeness (QED) is 0.144. The van der Waals surface area contributed by atoms with Crippen LogP contribution in [0.5, 0.6) is 0 Å². The van der Waals surface area contributed by atoms with Crippen LogP contribution in [0.2, 0.25) is 0 Å². The van der Waals surface area contributed by atoms with E-state index < -0.39 is 6.04 Å². The van der Waals surface area contributed by atoms with Crippen molar-refractivity contribution in [3.05, 3.63) is 0 Å². The Balaban J connectivity index is 3.42. The summed E-state index contributed by atoms with van der Waals surface area (Å²) in [5.74, 6) is -0.356. The molecule has 1 amide bonds. The van der Waals surface area contributed by atoms with Crippen LogP contribution in [0.15, 0.2) is 0 Å². The number of amides is 1. The van der Waals surface area contributed by atoms with Gasteiger partial charge in [-0.15, -0.1) is 0 Å². The monoisotopic (exact) mass is 425 g/mol. The number of esters is 1. The number of hydrogen-bond acceptors (Lipinski definition) is 3. The summed E-state index contributed by atoms with van der Waals surface area (Å²) in [6.07, 6.45) is 23.0. The Morgan fingerprint density at radius 2 is 1.03 bits per heavy atom. The SMILES string of the molecule is CCCCCCCCCCCCCCCOC(=O)C(C)NC(=O)CCCCCCC. The second kappa shape index (κ2) is 22.6. The third-order valence-electron chi connectivity index (χ3n) is 5.73. The summed E-state index contributed by atoms with van der Waals surface area (Å²) < 4.78 is 5.31. The molecule has 0 saturated carbocycles. The number of hydrogen-bond donors (Lipinski definition) is 1. The van der Waals surface area contributed by atoms with Crippen LogP contribution in [0.4, 0.5) is 0 Å². The first kappa shape index (κ1) is 28.9. The fraction of sp³-hybridized carbons (Fsp3) is 0.923. The van der Waals surface area contributed by atoms with Crippen molar-refractivity contribution < 1.29 is 14.3 Å². The zero-order valence-corrected chi connectivity index (χ0v) is 20.4. The number of carbonyl (C=O) groups is 2. The molecule has 0 heterocycles. The molecule has 0 rings (SSSR count). The van der Waals surface area contributed by atoms with Crippen molar-refractivity contribution >= 4 is 11.9 Å². The Morgan fingerprint density at radius 3 is 1.50 bits per heavy atom. The van der Waals surface area contributed by atoms with Crippen LogP contribution in [-0.4, -0.2) is 24.5 Å². The van der Waals surface area contributed by atoms with E-state index in [-0.39, 0.29) is 11.9 Å². The maximum atomic E-state index is 12.0. The summed E-state index contributed by atoms with van der Waals surface area (Å²) in [4.78, 5) is 23.8. The van der Waals surface area contributed by atoms with Gasteiger partial charge in [0, 0.05) is 6.42 Å². The molecule has 4 nitrogen and oxygen atoms in total. The molecular formula is C26H51NO3. The molecule has 1 unspecified atom stereocenters. The largest absolute Gasteiger partial charge is 0.464 e. The van der Waals surface area contributed by atoms with E-state index >= 15 is 0 Å². The van der Waals surface area contributed by atoms with Gasteiger partial charge in [-0.05, 0) is 19.8 Å². The molecule has 1 N–H and O–H groups in total. The molecule has 0 aromatic heterocycles. The van der Waals surface area contributed by atoms with Gasteiger partial charge in [0.05, 0.1) is 6.61 Å². The predicted octanol–water partition coefficient (Wildman–Crippen LogP) is 7.49. The van der Waals surface area contributed by atoms with Gasteiger partial charge in [-0.2, -0.15) is 0 Å². The number of carbonyl (C=O) groups excluding carboxylic acids is 2. The van der Waals surface area contributed by atoms with Crippen LogP contribution >= 0.6 is 0 Å². The van der Waals surface area contributed by atoms with Crippen LogP contribution in [0.25, 0.3) is 0 Å². The maximum absolute atomic E-state index is 12.0. The first-order valence-electron chi connectivity index (χ1n) is 13.1. The average Bonchev–Trinajstić information content (AvgIpc) is 2.73. The van der Waals surface area contributed by atoms with E-state index in [0.717, 1.165) is 25.7 Å². The second-order valence-corrected chi connectivity index (χ2v) is 8.86. The van der Waals surface area contributed by atoms with Crippen molar-refractivity contribution in [2.24, 2.45) is 0 Å². The highest BCUT2D eigenvalue weighted by atomic mass is 16.5. The minimum Gasteiger partial charge on any atom is -0.464 e. The summed E-state index contributed by atoms with van der Waals surface area (Å²) in [5, 5.41) is 2.76. The summed E-state index contributed by atoms with van der Waals surface area (Å²) >= 11 is 0. The van der Waals surface area contributed by atoms with Crippen molar-refractivity contribution in [3.8, 4) is 0 Å². The molecule has 178 valence electrons. The van der Waals surface area contributed by atoms with Crippen molar-refractivity contribution in [2.75, 3.05) is 6.61 Å². The zero-order valence-electron chi connectivity index (χ0n) is 20.4. The average molecular weight is 426 g/mol. The van der Waals surface area contributed by atoms with Crippen molar-refractivity contribution in [1.82, 2.24) is 5.32 Å². The number of rotatable bonds is 22. The Hall–Kier alpha value is -1.06. The standard InChI is InChI=1S/C26H51NO3/c1-4-6-8-10-11-12-13-14-15-16-17-19-21-23-30-26(29)24(3)27-25(28)22-20-18-9-7-5-2/h24H,4-23H2,1-3H3,(H,27,28). The Kier molecular flexibility index (Phi) is 21.8. The third-order valence-corrected chi connectivity index (χ3v) is 5.73. The van der Waals surface area contributed by atoms with Gasteiger partial charge in [0.25, 0.3) is 0 Å². The van der Waals surface area contributed by atoms with E-state index in [1.807, 2.05) is 0 Å². The summed E-state index contributed by atoms with van der Waals surface area (Å²) in [6.45, 7) is 6.62. The van der Waals surface area contributed by atoms with Gasteiger partial charge in [0.2, 0.25) is 5.91 Å². The predicted molar refractivity (Wildman–Crippen MR) is 128 cm³/mol. The van der Waals surface area contributed by atoms with Gasteiger partial charge >= 0.3 is 5.97 Å². The first-order valence-corrected chi connectivity index (χ1v) is 13.1. The summed E-state index contributed by atoms with van der Waals surface area (Å²) in [7, 11) is 0. The highest BCUT2D eigenvalue weighted by molar-refractivity contribution is 5.84. The van der Waals surface area contributed by atoms with Gasteiger partial charge in [-0.1, -0.05) is 117 Å². The smallest absolute Gasteiger partial charge is 0.328 e. The molecule has 4 heteroatoms. The Bertz CT molecular complexity index is 398. The molecule has 30 heavy (non-hydrogen) atoms. The lowest BCUT2D eigenvalue weighted by atomic mass is 10.0. The molecule has 0 radical (unpaired) electrons. The van der Waals surface area contributed by atoms with Crippen LogP contribution < -0.4 is 5.32 Å². The van der Waals surface area contributed by atoms with Crippen LogP contribution in [-0.2, 0) is 14.3 Å². The Morgan fingerprint density at radius 1 is 0.633 bits per heavy atom. The first-order chi connectivity index (χ1) is 14.6. The van der Waals surface area contributed by atoms with Crippen LogP contribution in [0.1, 0.15) is 143 Å². The van der Waals surface area contributed by atoms with Crippen molar-refractivity contribution in [2.45, 2.75) is 149 Å². The minimum atomic E-state index is -0.546. The normalized spacial score (nSPS) is 12.0. The summed E-state index contributed by atoms with van der Waals surface area (Å²) in [5.41, 5.74) is 0.